The van der Waals surface area contributed by atoms with E-state index in [-0.39, 0.29) is 0 Å². The lowest BCUT2D eigenvalue weighted by Crippen LogP contribution is -1.87. The van der Waals surface area contributed by atoms with Gasteiger partial charge in [-0.15, -0.1) is 0 Å². The second kappa shape index (κ2) is 2.02. The summed E-state index contributed by atoms with van der Waals surface area (Å²) in [4.78, 5) is 0. The summed E-state index contributed by atoms with van der Waals surface area (Å²) < 4.78 is 0. The van der Waals surface area contributed by atoms with Crippen LogP contribution in [0, 0.1) is 11.8 Å². The van der Waals surface area contributed by atoms with E-state index < -0.39 is 0 Å². The topological polar surface area (TPSA) is 0 Å². The molecule has 1 unspecified atom stereocenters. The number of hydrogen-bond acceptors (Lipinski definition) is 0. The molecule has 0 aromatic heterocycles. The van der Waals surface area contributed by atoms with Gasteiger partial charge in [0.25, 0.3) is 0 Å². The van der Waals surface area contributed by atoms with Crippen molar-refractivity contribution in [1.82, 2.24) is 0 Å². The van der Waals surface area contributed by atoms with Crippen LogP contribution in [0.3, 0.4) is 0 Å². The summed E-state index contributed by atoms with van der Waals surface area (Å²) >= 11 is 0. The van der Waals surface area contributed by atoms with Gasteiger partial charge in [-0.3, -0.25) is 0 Å². The second-order valence-electron chi connectivity index (χ2n) is 3.10. The molecule has 0 aromatic carbocycles. The number of fused-ring (bicyclic) bond motifs is 2. The first-order valence-corrected chi connectivity index (χ1v) is 3.80. The van der Waals surface area contributed by atoms with Gasteiger partial charge in [0.1, 0.15) is 0 Å². The molecule has 0 radical (unpaired) electrons. The molecule has 0 aromatic rings. The zero-order valence-corrected chi connectivity index (χ0v) is 5.59. The van der Waals surface area contributed by atoms with Gasteiger partial charge in [0.15, 0.2) is 0 Å². The molecule has 2 aliphatic carbocycles. The highest BCUT2D eigenvalue weighted by atomic mass is 14.3. The summed E-state index contributed by atoms with van der Waals surface area (Å²) in [6.45, 7) is 0. The quantitative estimate of drug-likeness (QED) is 0.461. The third kappa shape index (κ3) is 0.937. The van der Waals surface area contributed by atoms with Crippen molar-refractivity contribution in [1.29, 1.82) is 0 Å². The van der Waals surface area contributed by atoms with Gasteiger partial charge in [-0.05, 0) is 31.1 Å². The first kappa shape index (κ1) is 5.28. The van der Waals surface area contributed by atoms with Gasteiger partial charge in [0.05, 0.1) is 0 Å². The summed E-state index contributed by atoms with van der Waals surface area (Å²) in [5, 5.41) is 0. The maximum Gasteiger partial charge on any atom is -0.0225 e. The van der Waals surface area contributed by atoms with Crippen molar-refractivity contribution in [3.8, 4) is 0 Å². The molecule has 2 bridgehead atoms. The van der Waals surface area contributed by atoms with Gasteiger partial charge in [0, 0.05) is 0 Å². The SMILES string of the molecule is C1=CC2CC[C@H](C=C1)C2. The predicted molar refractivity (Wildman–Crippen MR) is 39.1 cm³/mol. The fourth-order valence-corrected chi connectivity index (χ4v) is 1.84. The van der Waals surface area contributed by atoms with Crippen LogP contribution in [-0.4, -0.2) is 0 Å². The zero-order valence-electron chi connectivity index (χ0n) is 5.59. The number of hydrogen-bond donors (Lipinski definition) is 0. The fraction of sp³-hybridized carbons (Fsp3) is 0.556. The Balaban J connectivity index is 2.20. The molecule has 2 atom stereocenters. The van der Waals surface area contributed by atoms with Crippen molar-refractivity contribution in [2.75, 3.05) is 0 Å². The van der Waals surface area contributed by atoms with Crippen LogP contribution in [0.4, 0.5) is 0 Å². The van der Waals surface area contributed by atoms with Crippen LogP contribution in [-0.2, 0) is 0 Å². The molecule has 2 aliphatic rings. The molecular weight excluding hydrogens is 108 g/mol. The highest BCUT2D eigenvalue weighted by Crippen LogP contribution is 2.33. The lowest BCUT2D eigenvalue weighted by atomic mass is 10.1. The minimum atomic E-state index is 0.907. The molecule has 0 N–H and O–H groups in total. The summed E-state index contributed by atoms with van der Waals surface area (Å²) in [5.74, 6) is 1.81. The Morgan fingerprint density at radius 2 is 1.44 bits per heavy atom. The number of rotatable bonds is 0. The normalized spacial score (nSPS) is 39.1. The minimum Gasteiger partial charge on any atom is -0.0814 e. The van der Waals surface area contributed by atoms with Gasteiger partial charge in [-0.2, -0.15) is 0 Å². The highest BCUT2D eigenvalue weighted by Gasteiger charge is 2.21. The summed E-state index contributed by atoms with van der Waals surface area (Å²) in [6, 6.07) is 0. The molecule has 0 saturated heterocycles. The van der Waals surface area contributed by atoms with Crippen molar-refractivity contribution in [2.24, 2.45) is 11.8 Å². The van der Waals surface area contributed by atoms with Crippen LogP contribution in [0.1, 0.15) is 19.3 Å². The molecule has 0 amide bonds. The average Bonchev–Trinajstić information content (AvgIpc) is 2.09. The Morgan fingerprint density at radius 1 is 0.889 bits per heavy atom. The lowest BCUT2D eigenvalue weighted by molar-refractivity contribution is 0.644. The van der Waals surface area contributed by atoms with Gasteiger partial charge >= 0.3 is 0 Å². The van der Waals surface area contributed by atoms with E-state index in [0.29, 0.717) is 0 Å². The van der Waals surface area contributed by atoms with Crippen molar-refractivity contribution in [3.63, 3.8) is 0 Å². The van der Waals surface area contributed by atoms with E-state index >= 15 is 0 Å². The Kier molecular flexibility index (Phi) is 1.18. The Hall–Kier alpha value is -0.520. The largest absolute Gasteiger partial charge is 0.0814 e. The highest BCUT2D eigenvalue weighted by molar-refractivity contribution is 5.12. The van der Waals surface area contributed by atoms with E-state index in [1.54, 1.807) is 0 Å². The van der Waals surface area contributed by atoms with Crippen LogP contribution < -0.4 is 0 Å². The van der Waals surface area contributed by atoms with Gasteiger partial charge in [-0.25, -0.2) is 0 Å². The van der Waals surface area contributed by atoms with Crippen molar-refractivity contribution < 1.29 is 0 Å². The van der Waals surface area contributed by atoms with E-state index in [9.17, 15) is 0 Å². The molecule has 9 heavy (non-hydrogen) atoms. The second-order valence-corrected chi connectivity index (χ2v) is 3.10. The molecule has 0 heteroatoms. The summed E-state index contributed by atoms with van der Waals surface area (Å²) in [7, 11) is 0. The standard InChI is InChI=1S/C9H12/c1-2-4-9-6-5-8(3-1)7-9/h1-4,8-9H,5-7H2/t8-,9?/m0/s1. The van der Waals surface area contributed by atoms with E-state index in [0.717, 1.165) is 11.8 Å². The Morgan fingerprint density at radius 3 is 2.00 bits per heavy atom. The van der Waals surface area contributed by atoms with Crippen LogP contribution in [0.15, 0.2) is 24.3 Å². The third-order valence-electron chi connectivity index (χ3n) is 2.39. The van der Waals surface area contributed by atoms with Crippen LogP contribution >= 0.6 is 0 Å². The van der Waals surface area contributed by atoms with E-state index in [1.807, 2.05) is 0 Å². The maximum atomic E-state index is 2.35. The minimum absolute atomic E-state index is 0.907. The van der Waals surface area contributed by atoms with E-state index in [2.05, 4.69) is 24.3 Å². The number of allylic oxidation sites excluding steroid dienone is 4. The van der Waals surface area contributed by atoms with Crippen LogP contribution in [0.25, 0.3) is 0 Å². The fourth-order valence-electron chi connectivity index (χ4n) is 1.84. The van der Waals surface area contributed by atoms with E-state index in [4.69, 9.17) is 0 Å². The molecule has 1 saturated carbocycles. The van der Waals surface area contributed by atoms with Gasteiger partial charge in [-0.1, -0.05) is 24.3 Å². The first-order chi connectivity index (χ1) is 4.45. The Bertz CT molecular complexity index is 135. The van der Waals surface area contributed by atoms with Gasteiger partial charge < -0.3 is 0 Å². The summed E-state index contributed by atoms with van der Waals surface area (Å²) in [5.41, 5.74) is 0. The van der Waals surface area contributed by atoms with Crippen LogP contribution in [0.2, 0.25) is 0 Å². The lowest BCUT2D eigenvalue weighted by Gasteiger charge is -1.98. The first-order valence-electron chi connectivity index (χ1n) is 3.80. The van der Waals surface area contributed by atoms with Crippen molar-refractivity contribution in [2.45, 2.75) is 19.3 Å². The van der Waals surface area contributed by atoms with Crippen molar-refractivity contribution in [3.05, 3.63) is 24.3 Å². The maximum absolute atomic E-state index is 2.35. The molecule has 0 aliphatic heterocycles. The molecule has 0 heterocycles. The molecule has 0 nitrogen and oxygen atoms in total. The van der Waals surface area contributed by atoms with Gasteiger partial charge in [0.2, 0.25) is 0 Å². The average molecular weight is 120 g/mol. The monoisotopic (exact) mass is 120 g/mol. The molecule has 0 spiro atoms. The molecule has 2 rings (SSSR count). The third-order valence-corrected chi connectivity index (χ3v) is 2.39. The molecular formula is C9H12. The molecule has 48 valence electrons. The summed E-state index contributed by atoms with van der Waals surface area (Å²) in [6.07, 6.45) is 13.4. The smallest absolute Gasteiger partial charge is 0.0225 e. The van der Waals surface area contributed by atoms with Crippen molar-refractivity contribution >= 4 is 0 Å². The zero-order chi connectivity index (χ0) is 6.10. The predicted octanol–water partition coefficient (Wildman–Crippen LogP) is 2.53. The van der Waals surface area contributed by atoms with Crippen LogP contribution in [0.5, 0.6) is 0 Å². The molecule has 1 fully saturated rings. The van der Waals surface area contributed by atoms with E-state index in [1.165, 1.54) is 19.3 Å². The Labute approximate surface area is 56.3 Å².